The first-order chi connectivity index (χ1) is 10.6. The molecule has 2 nitrogen and oxygen atoms in total. The van der Waals surface area contributed by atoms with E-state index >= 15 is 0 Å². The first-order valence-corrected chi connectivity index (χ1v) is 7.74. The molecule has 2 aromatic carbocycles. The minimum atomic E-state index is 0.320. The Morgan fingerprint density at radius 3 is 2.41 bits per heavy atom. The van der Waals surface area contributed by atoms with Crippen molar-refractivity contribution in [1.29, 1.82) is 0 Å². The normalized spacial score (nSPS) is 13.4. The van der Waals surface area contributed by atoms with Crippen molar-refractivity contribution in [2.45, 2.75) is 13.3 Å². The summed E-state index contributed by atoms with van der Waals surface area (Å²) in [5, 5.41) is 9.77. The van der Waals surface area contributed by atoms with Crippen LogP contribution in [0.4, 0.5) is 0 Å². The van der Waals surface area contributed by atoms with Gasteiger partial charge in [-0.2, -0.15) is 0 Å². The minimum absolute atomic E-state index is 0.320. The maximum absolute atomic E-state index is 9.77. The number of benzene rings is 2. The van der Waals surface area contributed by atoms with Crippen LogP contribution in [0.25, 0.3) is 5.57 Å². The third-order valence-electron chi connectivity index (χ3n) is 3.84. The molecule has 2 aromatic rings. The summed E-state index contributed by atoms with van der Waals surface area (Å²) >= 11 is 0. The number of hydrogen-bond acceptors (Lipinski definition) is 2. The van der Waals surface area contributed by atoms with Crippen LogP contribution in [0.3, 0.4) is 0 Å². The average Bonchev–Trinajstić information content (AvgIpc) is 2.48. The highest BCUT2D eigenvalue weighted by Crippen LogP contribution is 2.29. The lowest BCUT2D eigenvalue weighted by Gasteiger charge is -2.24. The van der Waals surface area contributed by atoms with Gasteiger partial charge >= 0.3 is 0 Å². The highest BCUT2D eigenvalue weighted by Gasteiger charge is 2.17. The summed E-state index contributed by atoms with van der Waals surface area (Å²) in [6, 6.07) is 18.1. The van der Waals surface area contributed by atoms with Gasteiger partial charge in [0.05, 0.1) is 0 Å². The van der Waals surface area contributed by atoms with E-state index in [4.69, 9.17) is 0 Å². The lowest BCUT2D eigenvalue weighted by atomic mass is 9.86. The summed E-state index contributed by atoms with van der Waals surface area (Å²) in [5.41, 5.74) is 3.73. The average molecular weight is 295 g/mol. The van der Waals surface area contributed by atoms with Crippen LogP contribution in [-0.4, -0.2) is 30.6 Å². The first-order valence-electron chi connectivity index (χ1n) is 7.74. The predicted molar refractivity (Wildman–Crippen MR) is 93.9 cm³/mol. The number of phenols is 1. The molecule has 0 radical (unpaired) electrons. The molecule has 2 heteroatoms. The van der Waals surface area contributed by atoms with Gasteiger partial charge in [0.2, 0.25) is 0 Å². The molecular formula is C20H25NO. The van der Waals surface area contributed by atoms with Crippen molar-refractivity contribution in [3.05, 3.63) is 71.8 Å². The monoisotopic (exact) mass is 295 g/mol. The highest BCUT2D eigenvalue weighted by atomic mass is 16.3. The molecule has 0 saturated heterocycles. The fourth-order valence-corrected chi connectivity index (χ4v) is 2.94. The van der Waals surface area contributed by atoms with Crippen LogP contribution in [0.1, 0.15) is 18.1 Å². The van der Waals surface area contributed by atoms with Gasteiger partial charge in [-0.15, -0.1) is 0 Å². The molecule has 0 aromatic heterocycles. The van der Waals surface area contributed by atoms with Crippen LogP contribution in [0.2, 0.25) is 0 Å². The largest absolute Gasteiger partial charge is 0.508 e. The fourth-order valence-electron chi connectivity index (χ4n) is 2.94. The van der Waals surface area contributed by atoms with Gasteiger partial charge in [0, 0.05) is 12.5 Å². The van der Waals surface area contributed by atoms with Gasteiger partial charge in [-0.1, -0.05) is 48.5 Å². The Morgan fingerprint density at radius 2 is 1.82 bits per heavy atom. The van der Waals surface area contributed by atoms with Gasteiger partial charge in [0.15, 0.2) is 0 Å². The van der Waals surface area contributed by atoms with Gasteiger partial charge in [0.1, 0.15) is 5.75 Å². The summed E-state index contributed by atoms with van der Waals surface area (Å²) in [6.45, 7) is 3.05. The molecule has 2 rings (SSSR count). The van der Waals surface area contributed by atoms with Crippen LogP contribution in [0.5, 0.6) is 5.75 Å². The van der Waals surface area contributed by atoms with Crippen molar-refractivity contribution in [3.63, 3.8) is 0 Å². The van der Waals surface area contributed by atoms with Crippen molar-refractivity contribution in [1.82, 2.24) is 4.90 Å². The molecule has 0 amide bonds. The molecule has 22 heavy (non-hydrogen) atoms. The number of aromatic hydroxyl groups is 1. The van der Waals surface area contributed by atoms with Crippen molar-refractivity contribution in [2.24, 2.45) is 5.92 Å². The Labute approximate surface area is 133 Å². The van der Waals surface area contributed by atoms with E-state index < -0.39 is 0 Å². The summed E-state index contributed by atoms with van der Waals surface area (Å²) in [6.07, 6.45) is 3.17. The van der Waals surface area contributed by atoms with Crippen LogP contribution in [0, 0.1) is 5.92 Å². The second-order valence-corrected chi connectivity index (χ2v) is 5.94. The van der Waals surface area contributed by atoms with Crippen LogP contribution >= 0.6 is 0 Å². The smallest absolute Gasteiger partial charge is 0.116 e. The van der Waals surface area contributed by atoms with Gasteiger partial charge in [0.25, 0.3) is 0 Å². The molecule has 0 saturated carbocycles. The number of nitrogens with zero attached hydrogens (tertiary/aromatic N) is 1. The molecular weight excluding hydrogens is 270 g/mol. The standard InChI is InChI=1S/C20H25NO/c1-4-20(17-11-8-12-19(22)14-17)18(15-21(2)3)13-16-9-6-5-7-10-16/h4-12,14,18,22H,13,15H2,1-3H3/b20-4+. The second kappa shape index (κ2) is 7.81. The molecule has 116 valence electrons. The van der Waals surface area contributed by atoms with E-state index in [0.717, 1.165) is 18.5 Å². The van der Waals surface area contributed by atoms with Crippen molar-refractivity contribution in [3.8, 4) is 5.75 Å². The Balaban J connectivity index is 2.30. The summed E-state index contributed by atoms with van der Waals surface area (Å²) < 4.78 is 0. The number of allylic oxidation sites excluding steroid dienone is 1. The van der Waals surface area contributed by atoms with Crippen molar-refractivity contribution < 1.29 is 5.11 Å². The molecule has 0 fully saturated rings. The molecule has 0 aliphatic heterocycles. The molecule has 1 atom stereocenters. The van der Waals surface area contributed by atoms with Gasteiger partial charge < -0.3 is 10.0 Å². The third-order valence-corrected chi connectivity index (χ3v) is 3.84. The Hall–Kier alpha value is -2.06. The summed E-state index contributed by atoms with van der Waals surface area (Å²) in [5.74, 6) is 0.712. The first kappa shape index (κ1) is 16.3. The van der Waals surface area contributed by atoms with E-state index in [0.29, 0.717) is 11.7 Å². The fraction of sp³-hybridized carbons (Fsp3) is 0.300. The topological polar surface area (TPSA) is 23.5 Å². The molecule has 0 bridgehead atoms. The molecule has 0 spiro atoms. The van der Waals surface area contributed by atoms with Crippen LogP contribution in [-0.2, 0) is 6.42 Å². The van der Waals surface area contributed by atoms with Gasteiger partial charge in [-0.05, 0) is 56.3 Å². The van der Waals surface area contributed by atoms with Crippen LogP contribution < -0.4 is 0 Å². The Morgan fingerprint density at radius 1 is 1.09 bits per heavy atom. The number of phenolic OH excluding ortho intramolecular Hbond substituents is 1. The lowest BCUT2D eigenvalue weighted by molar-refractivity contribution is 0.363. The quantitative estimate of drug-likeness (QED) is 0.862. The van der Waals surface area contributed by atoms with Gasteiger partial charge in [-0.25, -0.2) is 0 Å². The van der Waals surface area contributed by atoms with E-state index in [1.165, 1.54) is 11.1 Å². The van der Waals surface area contributed by atoms with E-state index in [1.807, 2.05) is 12.1 Å². The van der Waals surface area contributed by atoms with E-state index in [1.54, 1.807) is 6.07 Å². The van der Waals surface area contributed by atoms with E-state index in [2.05, 4.69) is 68.4 Å². The zero-order valence-corrected chi connectivity index (χ0v) is 13.7. The Bertz CT molecular complexity index is 617. The predicted octanol–water partition coefficient (Wildman–Crippen LogP) is 4.22. The number of rotatable bonds is 6. The van der Waals surface area contributed by atoms with Crippen LogP contribution in [0.15, 0.2) is 60.7 Å². The Kier molecular flexibility index (Phi) is 5.79. The summed E-state index contributed by atoms with van der Waals surface area (Å²) in [4.78, 5) is 2.22. The van der Waals surface area contributed by atoms with Crippen molar-refractivity contribution in [2.75, 3.05) is 20.6 Å². The van der Waals surface area contributed by atoms with E-state index in [-0.39, 0.29) is 0 Å². The van der Waals surface area contributed by atoms with E-state index in [9.17, 15) is 5.11 Å². The molecule has 0 aliphatic rings. The third kappa shape index (κ3) is 4.47. The highest BCUT2D eigenvalue weighted by molar-refractivity contribution is 5.68. The zero-order chi connectivity index (χ0) is 15.9. The summed E-state index contributed by atoms with van der Waals surface area (Å²) in [7, 11) is 4.21. The SMILES string of the molecule is C/C=C(\c1cccc(O)c1)C(Cc1ccccc1)CN(C)C. The van der Waals surface area contributed by atoms with Gasteiger partial charge in [-0.3, -0.25) is 0 Å². The number of hydrogen-bond donors (Lipinski definition) is 1. The minimum Gasteiger partial charge on any atom is -0.508 e. The lowest BCUT2D eigenvalue weighted by Crippen LogP contribution is -2.24. The van der Waals surface area contributed by atoms with Crippen molar-refractivity contribution >= 4 is 5.57 Å². The molecule has 1 N–H and O–H groups in total. The molecule has 1 unspecified atom stereocenters. The maximum atomic E-state index is 9.77. The molecule has 0 heterocycles. The maximum Gasteiger partial charge on any atom is 0.116 e. The second-order valence-electron chi connectivity index (χ2n) is 5.94. The molecule has 0 aliphatic carbocycles. The zero-order valence-electron chi connectivity index (χ0n) is 13.7.